The van der Waals surface area contributed by atoms with Crippen molar-refractivity contribution in [2.45, 2.75) is 84.0 Å². The van der Waals surface area contributed by atoms with Crippen LogP contribution < -0.4 is 0 Å². The summed E-state index contributed by atoms with van der Waals surface area (Å²) < 4.78 is 12.2. The van der Waals surface area contributed by atoms with E-state index in [0.29, 0.717) is 30.0 Å². The number of carbonyl (C=O) groups excluding carboxylic acids is 1. The zero-order valence-electron chi connectivity index (χ0n) is 15.8. The van der Waals surface area contributed by atoms with E-state index in [0.717, 1.165) is 12.8 Å². The fraction of sp³-hybridized carbons (Fsp3) is 0.952. The minimum atomic E-state index is -0.158. The van der Waals surface area contributed by atoms with Crippen LogP contribution in [-0.4, -0.2) is 36.0 Å². The lowest BCUT2D eigenvalue weighted by molar-refractivity contribution is -0.229. The SMILES string of the molecule is CC(=O)OC1CC2C(C)(CO)CCCC2(C)C2CCC3CC12C1OC31. The molecule has 4 saturated carbocycles. The summed E-state index contributed by atoms with van der Waals surface area (Å²) in [5.74, 6) is 1.50. The van der Waals surface area contributed by atoms with E-state index in [1.165, 1.54) is 32.1 Å². The number of epoxide rings is 1. The number of hydrogen-bond donors (Lipinski definition) is 1. The first-order valence-corrected chi connectivity index (χ1v) is 10.3. The number of rotatable bonds is 2. The van der Waals surface area contributed by atoms with Gasteiger partial charge in [0, 0.05) is 18.9 Å². The maximum Gasteiger partial charge on any atom is 0.302 e. The molecule has 9 unspecified atom stereocenters. The lowest BCUT2D eigenvalue weighted by atomic mass is 9.40. The second-order valence-electron chi connectivity index (χ2n) is 10.3. The Morgan fingerprint density at radius 3 is 2.76 bits per heavy atom. The van der Waals surface area contributed by atoms with Crippen molar-refractivity contribution in [1.82, 2.24) is 0 Å². The topological polar surface area (TPSA) is 59.1 Å². The highest BCUT2D eigenvalue weighted by molar-refractivity contribution is 5.66. The average Bonchev–Trinajstić information content (AvgIpc) is 3.33. The van der Waals surface area contributed by atoms with Crippen molar-refractivity contribution in [2.24, 2.45) is 34.0 Å². The number of ether oxygens (including phenoxy) is 2. The van der Waals surface area contributed by atoms with Gasteiger partial charge in [0.05, 0.1) is 12.2 Å². The Bertz CT molecular complexity index is 605. The van der Waals surface area contributed by atoms with E-state index >= 15 is 0 Å². The highest BCUT2D eigenvalue weighted by atomic mass is 16.6. The van der Waals surface area contributed by atoms with Crippen LogP contribution in [0.2, 0.25) is 0 Å². The first-order valence-electron chi connectivity index (χ1n) is 10.3. The van der Waals surface area contributed by atoms with Crippen LogP contribution in [0.25, 0.3) is 0 Å². The van der Waals surface area contributed by atoms with E-state index in [1.807, 2.05) is 0 Å². The van der Waals surface area contributed by atoms with E-state index in [4.69, 9.17) is 9.47 Å². The summed E-state index contributed by atoms with van der Waals surface area (Å²) in [6.45, 7) is 6.53. The first-order chi connectivity index (χ1) is 11.8. The van der Waals surface area contributed by atoms with Gasteiger partial charge in [-0.25, -0.2) is 0 Å². The summed E-state index contributed by atoms with van der Waals surface area (Å²) in [4.78, 5) is 11.9. The van der Waals surface area contributed by atoms with Crippen LogP contribution in [0.5, 0.6) is 0 Å². The van der Waals surface area contributed by atoms with Crippen LogP contribution in [0.15, 0.2) is 0 Å². The van der Waals surface area contributed by atoms with Gasteiger partial charge in [-0.15, -0.1) is 0 Å². The van der Waals surface area contributed by atoms with Crippen molar-refractivity contribution in [1.29, 1.82) is 0 Å². The standard InChI is InChI=1S/C21H32O4/c1-12(23)24-16-9-15-19(2,11-22)7-4-8-20(15,3)14-6-5-13-10-21(14,16)18-17(13)25-18/h13-18,22H,4-11H2,1-3H3. The van der Waals surface area contributed by atoms with Gasteiger partial charge >= 0.3 is 5.97 Å². The normalized spacial score (nSPS) is 58.7. The van der Waals surface area contributed by atoms with Crippen molar-refractivity contribution in [3.05, 3.63) is 0 Å². The number of aliphatic hydroxyl groups is 1. The van der Waals surface area contributed by atoms with Gasteiger partial charge in [-0.3, -0.25) is 4.79 Å². The first kappa shape index (κ1) is 16.6. The molecule has 4 heteroatoms. The predicted octanol–water partition coefficient (Wildman–Crippen LogP) is 3.31. The molecule has 0 aromatic rings. The quantitative estimate of drug-likeness (QED) is 0.614. The third kappa shape index (κ3) is 1.93. The third-order valence-electron chi connectivity index (χ3n) is 9.23. The smallest absolute Gasteiger partial charge is 0.302 e. The van der Waals surface area contributed by atoms with E-state index in [2.05, 4.69) is 13.8 Å². The molecule has 25 heavy (non-hydrogen) atoms. The molecule has 4 nitrogen and oxygen atoms in total. The Hall–Kier alpha value is -0.610. The predicted molar refractivity (Wildman–Crippen MR) is 92.7 cm³/mol. The fourth-order valence-electron chi connectivity index (χ4n) is 8.31. The maximum absolute atomic E-state index is 11.9. The molecule has 2 bridgehead atoms. The minimum absolute atomic E-state index is 0.0302. The molecular weight excluding hydrogens is 316 g/mol. The zero-order valence-corrected chi connectivity index (χ0v) is 15.8. The summed E-state index contributed by atoms with van der Waals surface area (Å²) >= 11 is 0. The minimum Gasteiger partial charge on any atom is -0.462 e. The molecule has 0 aromatic heterocycles. The molecule has 0 aromatic carbocycles. The molecule has 1 N–H and O–H groups in total. The summed E-state index contributed by atoms with van der Waals surface area (Å²) in [6.07, 6.45) is 8.84. The number of esters is 1. The second-order valence-corrected chi connectivity index (χ2v) is 10.3. The average molecular weight is 348 g/mol. The summed E-state index contributed by atoms with van der Waals surface area (Å²) in [5.41, 5.74) is 0.225. The molecule has 0 radical (unpaired) electrons. The van der Waals surface area contributed by atoms with Crippen molar-refractivity contribution >= 4 is 5.97 Å². The number of hydrogen-bond acceptors (Lipinski definition) is 4. The van der Waals surface area contributed by atoms with E-state index < -0.39 is 0 Å². The van der Waals surface area contributed by atoms with Crippen molar-refractivity contribution in [3.8, 4) is 0 Å². The Balaban J connectivity index is 1.61. The van der Waals surface area contributed by atoms with E-state index in [9.17, 15) is 9.90 Å². The van der Waals surface area contributed by atoms with Crippen LogP contribution in [0.3, 0.4) is 0 Å². The van der Waals surface area contributed by atoms with E-state index in [1.54, 1.807) is 6.92 Å². The molecule has 5 fully saturated rings. The van der Waals surface area contributed by atoms with Gasteiger partial charge in [0.2, 0.25) is 0 Å². The van der Waals surface area contributed by atoms with Gasteiger partial charge in [-0.1, -0.05) is 20.3 Å². The van der Waals surface area contributed by atoms with Crippen molar-refractivity contribution in [3.63, 3.8) is 0 Å². The van der Waals surface area contributed by atoms with Gasteiger partial charge in [-0.05, 0) is 67.1 Å². The largest absolute Gasteiger partial charge is 0.462 e. The summed E-state index contributed by atoms with van der Waals surface area (Å²) in [7, 11) is 0. The molecule has 5 rings (SSSR count). The Morgan fingerprint density at radius 2 is 2.04 bits per heavy atom. The Labute approximate surface area is 150 Å². The molecule has 1 saturated heterocycles. The molecular formula is C21H32O4. The molecule has 140 valence electrons. The molecule has 0 amide bonds. The lowest BCUT2D eigenvalue weighted by Crippen LogP contribution is -2.64. The molecule has 9 atom stereocenters. The highest BCUT2D eigenvalue weighted by Gasteiger charge is 2.77. The molecule has 1 spiro atoms. The molecule has 1 aliphatic heterocycles. The van der Waals surface area contributed by atoms with Crippen LogP contribution in [-0.2, 0) is 14.3 Å². The second kappa shape index (κ2) is 5.01. The summed E-state index contributed by atoms with van der Waals surface area (Å²) in [5, 5.41) is 10.2. The van der Waals surface area contributed by atoms with Crippen LogP contribution in [0.4, 0.5) is 0 Å². The van der Waals surface area contributed by atoms with Crippen molar-refractivity contribution in [2.75, 3.05) is 6.61 Å². The van der Waals surface area contributed by atoms with Gasteiger partial charge in [0.1, 0.15) is 6.10 Å². The fourth-order valence-corrected chi connectivity index (χ4v) is 8.31. The highest BCUT2D eigenvalue weighted by Crippen LogP contribution is 2.75. The molecule has 1 heterocycles. The van der Waals surface area contributed by atoms with Gasteiger partial charge in [0.25, 0.3) is 0 Å². The molecule has 4 aliphatic carbocycles. The number of carbonyl (C=O) groups is 1. The van der Waals surface area contributed by atoms with Crippen LogP contribution >= 0.6 is 0 Å². The maximum atomic E-state index is 11.9. The molecule has 5 aliphatic rings. The Morgan fingerprint density at radius 1 is 1.24 bits per heavy atom. The van der Waals surface area contributed by atoms with Crippen LogP contribution in [0, 0.1) is 34.0 Å². The number of fused-ring (bicyclic) bond motifs is 5. The lowest BCUT2D eigenvalue weighted by Gasteiger charge is -2.66. The van der Waals surface area contributed by atoms with Crippen LogP contribution in [0.1, 0.15) is 65.7 Å². The third-order valence-corrected chi connectivity index (χ3v) is 9.23. The summed E-state index contributed by atoms with van der Waals surface area (Å²) in [6, 6.07) is 0. The monoisotopic (exact) mass is 348 g/mol. The van der Waals surface area contributed by atoms with Gasteiger partial charge in [0.15, 0.2) is 0 Å². The number of aliphatic hydroxyl groups excluding tert-OH is 1. The van der Waals surface area contributed by atoms with Gasteiger partial charge < -0.3 is 14.6 Å². The Kier molecular flexibility index (Phi) is 3.32. The zero-order chi connectivity index (χ0) is 17.6. The van der Waals surface area contributed by atoms with Crippen molar-refractivity contribution < 1.29 is 19.4 Å². The van der Waals surface area contributed by atoms with E-state index in [-0.39, 0.29) is 34.9 Å². The van der Waals surface area contributed by atoms with Gasteiger partial charge in [-0.2, -0.15) is 0 Å².